The van der Waals surface area contributed by atoms with Gasteiger partial charge in [0, 0.05) is 17.3 Å². The van der Waals surface area contributed by atoms with Gasteiger partial charge in [0.05, 0.1) is 6.61 Å². The number of hydrogen-bond acceptors (Lipinski definition) is 4. The summed E-state index contributed by atoms with van der Waals surface area (Å²) >= 11 is 6.10. The number of halogens is 3. The first kappa shape index (κ1) is 33.3. The monoisotopic (exact) mass is 585 g/mol. The molecular formula is C30H43ClF2NO4P. The van der Waals surface area contributed by atoms with E-state index >= 15 is 0 Å². The second-order valence-corrected chi connectivity index (χ2v) is 12.7. The Morgan fingerprint density at radius 2 is 1.36 bits per heavy atom. The SMILES string of the molecule is CCCCCCCCCCCCCCCOC(=O)[C@H](Cc1cc(F)cc(F)c1)NP(=O)(Cl)Oc1ccccc1. The Balaban J connectivity index is 1.75. The van der Waals surface area contributed by atoms with Crippen LogP contribution in [0.2, 0.25) is 0 Å². The highest BCUT2D eigenvalue weighted by atomic mass is 35.7. The lowest BCUT2D eigenvalue weighted by atomic mass is 10.0. The van der Waals surface area contributed by atoms with Crippen LogP contribution >= 0.6 is 18.1 Å². The lowest BCUT2D eigenvalue weighted by molar-refractivity contribution is -0.145. The highest BCUT2D eigenvalue weighted by molar-refractivity contribution is 7.84. The van der Waals surface area contributed by atoms with Gasteiger partial charge >= 0.3 is 12.8 Å². The molecule has 0 aliphatic carbocycles. The summed E-state index contributed by atoms with van der Waals surface area (Å²) in [5, 5.41) is 2.51. The van der Waals surface area contributed by atoms with Gasteiger partial charge < -0.3 is 9.26 Å². The fourth-order valence-electron chi connectivity index (χ4n) is 4.37. The van der Waals surface area contributed by atoms with E-state index in [1.54, 1.807) is 30.3 Å². The van der Waals surface area contributed by atoms with Gasteiger partial charge in [0.2, 0.25) is 0 Å². The van der Waals surface area contributed by atoms with Crippen LogP contribution in [0.15, 0.2) is 48.5 Å². The molecule has 218 valence electrons. The van der Waals surface area contributed by atoms with Crippen LogP contribution in [-0.4, -0.2) is 18.6 Å². The average Bonchev–Trinajstić information content (AvgIpc) is 2.88. The summed E-state index contributed by atoms with van der Waals surface area (Å²) in [6.07, 6.45) is 15.5. The molecule has 1 N–H and O–H groups in total. The average molecular weight is 586 g/mol. The number of carbonyl (C=O) groups excluding carboxylic acids is 1. The zero-order valence-corrected chi connectivity index (χ0v) is 24.7. The van der Waals surface area contributed by atoms with Gasteiger partial charge in [-0.25, -0.2) is 18.4 Å². The third kappa shape index (κ3) is 15.4. The van der Waals surface area contributed by atoms with E-state index in [4.69, 9.17) is 20.5 Å². The molecule has 0 amide bonds. The van der Waals surface area contributed by atoms with Crippen molar-refractivity contribution in [3.8, 4) is 5.75 Å². The summed E-state index contributed by atoms with van der Waals surface area (Å²) in [6, 6.07) is 10.00. The summed E-state index contributed by atoms with van der Waals surface area (Å²) < 4.78 is 51.1. The first-order valence-corrected chi connectivity index (χ1v) is 16.8. The van der Waals surface area contributed by atoms with Gasteiger partial charge in [-0.2, -0.15) is 0 Å². The first-order valence-electron chi connectivity index (χ1n) is 14.2. The molecule has 39 heavy (non-hydrogen) atoms. The predicted octanol–water partition coefficient (Wildman–Crippen LogP) is 9.53. The Hall–Kier alpha value is -1.95. The molecule has 2 rings (SSSR count). The topological polar surface area (TPSA) is 64.6 Å². The maximum absolute atomic E-state index is 13.7. The van der Waals surface area contributed by atoms with Gasteiger partial charge in [0.15, 0.2) is 0 Å². The van der Waals surface area contributed by atoms with Crippen molar-refractivity contribution in [1.82, 2.24) is 5.09 Å². The molecule has 0 aliphatic heterocycles. The molecule has 2 aromatic rings. The predicted molar refractivity (Wildman–Crippen MR) is 154 cm³/mol. The van der Waals surface area contributed by atoms with Crippen molar-refractivity contribution in [2.75, 3.05) is 6.61 Å². The van der Waals surface area contributed by atoms with Crippen LogP contribution in [0.1, 0.15) is 96.0 Å². The summed E-state index contributed by atoms with van der Waals surface area (Å²) in [7, 11) is 0. The lowest BCUT2D eigenvalue weighted by Gasteiger charge is -2.21. The molecule has 0 fully saturated rings. The number of unbranched alkanes of at least 4 members (excludes halogenated alkanes) is 12. The Labute approximate surface area is 237 Å². The highest BCUT2D eigenvalue weighted by Crippen LogP contribution is 2.48. The first-order chi connectivity index (χ1) is 18.8. The minimum absolute atomic E-state index is 0.180. The number of ether oxygens (including phenoxy) is 1. The molecule has 2 aromatic carbocycles. The molecule has 0 heterocycles. The molecule has 5 nitrogen and oxygen atoms in total. The van der Waals surface area contributed by atoms with Gasteiger partial charge in [-0.3, -0.25) is 4.79 Å². The van der Waals surface area contributed by atoms with Gasteiger partial charge in [-0.05, 0) is 42.7 Å². The zero-order chi connectivity index (χ0) is 28.3. The van der Waals surface area contributed by atoms with E-state index in [2.05, 4.69) is 12.0 Å². The van der Waals surface area contributed by atoms with Crippen LogP contribution in [0.5, 0.6) is 5.75 Å². The van der Waals surface area contributed by atoms with E-state index in [0.717, 1.165) is 37.5 Å². The minimum Gasteiger partial charge on any atom is -0.465 e. The van der Waals surface area contributed by atoms with Crippen molar-refractivity contribution in [3.05, 3.63) is 65.7 Å². The standard InChI is InChI=1S/C30H43ClF2NO4P/c1-2-3-4-5-6-7-8-9-10-11-12-13-17-20-37-30(35)29(23-25-21-26(32)24-27(33)22-25)34-39(31,36)38-28-18-15-14-16-19-28/h14-16,18-19,21-22,24,29H,2-13,17,20,23H2,1H3,(H,34,36)/t29-,39?/m0/s1. The summed E-state index contributed by atoms with van der Waals surface area (Å²) in [6.45, 7) is -1.60. The van der Waals surface area contributed by atoms with Crippen LogP contribution in [0, 0.1) is 11.6 Å². The number of esters is 1. The maximum Gasteiger partial charge on any atom is 0.409 e. The normalized spacial score (nSPS) is 13.5. The lowest BCUT2D eigenvalue weighted by Crippen LogP contribution is -2.38. The van der Waals surface area contributed by atoms with Crippen LogP contribution in [-0.2, 0) is 20.5 Å². The van der Waals surface area contributed by atoms with Crippen LogP contribution in [0.4, 0.5) is 8.78 Å². The molecule has 0 aliphatic rings. The molecule has 0 radical (unpaired) electrons. The highest BCUT2D eigenvalue weighted by Gasteiger charge is 2.31. The maximum atomic E-state index is 13.7. The van der Waals surface area contributed by atoms with Crippen molar-refractivity contribution >= 4 is 24.1 Å². The second-order valence-electron chi connectivity index (χ2n) is 9.96. The number of hydrogen-bond donors (Lipinski definition) is 1. The zero-order valence-electron chi connectivity index (χ0n) is 23.0. The van der Waals surface area contributed by atoms with Gasteiger partial charge in [-0.1, -0.05) is 102 Å². The minimum atomic E-state index is -4.02. The molecule has 0 spiro atoms. The van der Waals surface area contributed by atoms with E-state index in [-0.39, 0.29) is 24.3 Å². The van der Waals surface area contributed by atoms with Gasteiger partial charge in [0.1, 0.15) is 23.4 Å². The van der Waals surface area contributed by atoms with Crippen molar-refractivity contribution < 1.29 is 27.4 Å². The number of benzene rings is 2. The summed E-state index contributed by atoms with van der Waals surface area (Å²) in [5.74, 6) is -2.02. The number of para-hydroxylation sites is 1. The molecular weight excluding hydrogens is 543 g/mol. The van der Waals surface area contributed by atoms with Crippen LogP contribution < -0.4 is 9.61 Å². The van der Waals surface area contributed by atoms with Crippen LogP contribution in [0.3, 0.4) is 0 Å². The molecule has 0 bridgehead atoms. The molecule has 0 saturated carbocycles. The molecule has 2 atom stereocenters. The van der Waals surface area contributed by atoms with E-state index in [0.29, 0.717) is 6.42 Å². The largest absolute Gasteiger partial charge is 0.465 e. The Bertz CT molecular complexity index is 991. The number of carbonyl (C=O) groups is 1. The number of nitrogens with one attached hydrogen (secondary N) is 1. The third-order valence-electron chi connectivity index (χ3n) is 6.41. The Kier molecular flexibility index (Phi) is 16.4. The smallest absolute Gasteiger partial charge is 0.409 e. The second kappa shape index (κ2) is 19.2. The molecule has 1 unspecified atom stereocenters. The fraction of sp³-hybridized carbons (Fsp3) is 0.567. The Morgan fingerprint density at radius 3 is 1.90 bits per heavy atom. The van der Waals surface area contributed by atoms with Crippen molar-refractivity contribution in [2.45, 2.75) is 103 Å². The van der Waals surface area contributed by atoms with Crippen molar-refractivity contribution in [2.24, 2.45) is 0 Å². The quantitative estimate of drug-likeness (QED) is 0.0897. The summed E-state index contributed by atoms with van der Waals surface area (Å²) in [5.41, 5.74) is 0.194. The van der Waals surface area contributed by atoms with E-state index in [1.807, 2.05) is 0 Å². The van der Waals surface area contributed by atoms with E-state index in [1.165, 1.54) is 57.8 Å². The molecule has 9 heteroatoms. The Morgan fingerprint density at radius 1 is 0.846 bits per heavy atom. The third-order valence-corrected chi connectivity index (χ3v) is 7.98. The number of rotatable bonds is 21. The van der Waals surface area contributed by atoms with Gasteiger partial charge in [-0.15, -0.1) is 0 Å². The summed E-state index contributed by atoms with van der Waals surface area (Å²) in [4.78, 5) is 12.9. The molecule has 0 saturated heterocycles. The van der Waals surface area contributed by atoms with E-state index < -0.39 is 30.5 Å². The van der Waals surface area contributed by atoms with Gasteiger partial charge in [0.25, 0.3) is 0 Å². The van der Waals surface area contributed by atoms with Crippen molar-refractivity contribution in [3.63, 3.8) is 0 Å². The van der Waals surface area contributed by atoms with Crippen molar-refractivity contribution in [1.29, 1.82) is 0 Å². The fourth-order valence-corrected chi connectivity index (χ4v) is 5.98. The van der Waals surface area contributed by atoms with E-state index in [9.17, 15) is 18.1 Å². The van der Waals surface area contributed by atoms with Crippen LogP contribution in [0.25, 0.3) is 0 Å². The molecule has 0 aromatic heterocycles.